The second kappa shape index (κ2) is 8.38. The van der Waals surface area contributed by atoms with Crippen LogP contribution in [-0.4, -0.2) is 28.2 Å². The number of nitrogens with zero attached hydrogens (tertiary/aromatic N) is 2. The van der Waals surface area contributed by atoms with E-state index in [4.69, 9.17) is 0 Å². The molecule has 1 aliphatic heterocycles. The summed E-state index contributed by atoms with van der Waals surface area (Å²) < 4.78 is 0. The zero-order valence-electron chi connectivity index (χ0n) is 15.9. The van der Waals surface area contributed by atoms with Crippen LogP contribution < -0.4 is 5.32 Å². The molecule has 2 aromatic rings. The fourth-order valence-electron chi connectivity index (χ4n) is 4.12. The summed E-state index contributed by atoms with van der Waals surface area (Å²) in [5, 5.41) is 2.99. The van der Waals surface area contributed by atoms with Crippen molar-refractivity contribution in [3.05, 3.63) is 77.6 Å². The number of carbonyl (C=O) groups excluding carboxylic acids is 2. The number of aromatic nitrogens is 1. The highest BCUT2D eigenvalue weighted by Gasteiger charge is 2.37. The summed E-state index contributed by atoms with van der Waals surface area (Å²) in [4.78, 5) is 32.1. The zero-order chi connectivity index (χ0) is 19.3. The van der Waals surface area contributed by atoms with Gasteiger partial charge in [0.15, 0.2) is 0 Å². The van der Waals surface area contributed by atoms with Crippen LogP contribution in [0, 0.1) is 11.8 Å². The summed E-state index contributed by atoms with van der Waals surface area (Å²) in [6.07, 6.45) is 9.62. The number of amides is 2. The topological polar surface area (TPSA) is 62.3 Å². The van der Waals surface area contributed by atoms with Crippen LogP contribution in [0.5, 0.6) is 0 Å². The third-order valence-corrected chi connectivity index (χ3v) is 5.72. The number of nitrogens with one attached hydrogen (secondary N) is 1. The van der Waals surface area contributed by atoms with Gasteiger partial charge in [-0.05, 0) is 42.0 Å². The Morgan fingerprint density at radius 2 is 1.82 bits per heavy atom. The maximum Gasteiger partial charge on any atom is 0.227 e. The van der Waals surface area contributed by atoms with Gasteiger partial charge in [0.1, 0.15) is 0 Å². The molecule has 5 heteroatoms. The number of pyridine rings is 1. The first kappa shape index (κ1) is 18.4. The van der Waals surface area contributed by atoms with Gasteiger partial charge in [0.05, 0.1) is 11.8 Å². The molecule has 5 nitrogen and oxygen atoms in total. The Kier molecular flexibility index (Phi) is 5.51. The van der Waals surface area contributed by atoms with Gasteiger partial charge in [-0.1, -0.05) is 42.5 Å². The monoisotopic (exact) mass is 375 g/mol. The van der Waals surface area contributed by atoms with Crippen molar-refractivity contribution in [3.8, 4) is 0 Å². The molecule has 0 saturated carbocycles. The van der Waals surface area contributed by atoms with Gasteiger partial charge < -0.3 is 10.2 Å². The lowest BCUT2D eigenvalue weighted by Crippen LogP contribution is -2.46. The smallest absolute Gasteiger partial charge is 0.227 e. The van der Waals surface area contributed by atoms with Crippen molar-refractivity contribution in [2.24, 2.45) is 11.8 Å². The van der Waals surface area contributed by atoms with Gasteiger partial charge in [-0.25, -0.2) is 0 Å². The van der Waals surface area contributed by atoms with E-state index in [0.29, 0.717) is 25.9 Å². The number of hydrogen-bond acceptors (Lipinski definition) is 3. The number of allylic oxidation sites excluding steroid dienone is 2. The highest BCUT2D eigenvalue weighted by atomic mass is 16.2. The Labute approximate surface area is 165 Å². The lowest BCUT2D eigenvalue weighted by atomic mass is 9.81. The quantitative estimate of drug-likeness (QED) is 0.836. The summed E-state index contributed by atoms with van der Waals surface area (Å²) in [5.74, 6) is -0.556. The maximum atomic E-state index is 13.3. The second-order valence-electron chi connectivity index (χ2n) is 7.51. The zero-order valence-corrected chi connectivity index (χ0v) is 15.9. The summed E-state index contributed by atoms with van der Waals surface area (Å²) in [6, 6.07) is 12.1. The molecule has 0 radical (unpaired) electrons. The fourth-order valence-corrected chi connectivity index (χ4v) is 4.12. The molecule has 1 aromatic carbocycles. The standard InChI is InChI=1S/C23H25N3O2/c27-22(25-15-17-6-5-12-24-14-17)20-9-3-4-10-21(20)23(28)26-13-11-18-7-1-2-8-19(18)16-26/h1-8,12,14,20-21H,9-11,13,15-16H2,(H,25,27). The van der Waals surface area contributed by atoms with Crippen LogP contribution in [0.3, 0.4) is 0 Å². The van der Waals surface area contributed by atoms with E-state index >= 15 is 0 Å². The van der Waals surface area contributed by atoms with Crippen molar-refractivity contribution < 1.29 is 9.59 Å². The van der Waals surface area contributed by atoms with E-state index in [-0.39, 0.29) is 23.7 Å². The second-order valence-corrected chi connectivity index (χ2v) is 7.51. The van der Waals surface area contributed by atoms with Crippen LogP contribution in [0.25, 0.3) is 0 Å². The molecule has 2 heterocycles. The minimum Gasteiger partial charge on any atom is -0.352 e. The normalized spacial score (nSPS) is 21.1. The number of fused-ring (bicyclic) bond motifs is 1. The van der Waals surface area contributed by atoms with Gasteiger partial charge in [0.25, 0.3) is 0 Å². The highest BCUT2D eigenvalue weighted by molar-refractivity contribution is 5.88. The lowest BCUT2D eigenvalue weighted by Gasteiger charge is -2.35. The third-order valence-electron chi connectivity index (χ3n) is 5.72. The largest absolute Gasteiger partial charge is 0.352 e. The van der Waals surface area contributed by atoms with Crippen molar-refractivity contribution in [1.82, 2.24) is 15.2 Å². The summed E-state index contributed by atoms with van der Waals surface area (Å²) in [6.45, 7) is 1.80. The van der Waals surface area contributed by atoms with Crippen molar-refractivity contribution in [1.29, 1.82) is 0 Å². The molecule has 1 aromatic heterocycles. The maximum absolute atomic E-state index is 13.3. The SMILES string of the molecule is O=C(NCc1cccnc1)C1CC=CCC1C(=O)N1CCc2ccccc2C1. The average molecular weight is 375 g/mol. The predicted octanol–water partition coefficient (Wildman–Crippen LogP) is 2.87. The molecule has 0 bridgehead atoms. The minimum atomic E-state index is -0.314. The molecule has 1 N–H and O–H groups in total. The number of benzene rings is 1. The van der Waals surface area contributed by atoms with Crippen LogP contribution in [-0.2, 0) is 29.1 Å². The van der Waals surface area contributed by atoms with Gasteiger partial charge in [0, 0.05) is 32.0 Å². The van der Waals surface area contributed by atoms with Crippen molar-refractivity contribution in [2.75, 3.05) is 6.54 Å². The van der Waals surface area contributed by atoms with Crippen LogP contribution in [0.4, 0.5) is 0 Å². The van der Waals surface area contributed by atoms with Gasteiger partial charge in [-0.3, -0.25) is 14.6 Å². The van der Waals surface area contributed by atoms with E-state index < -0.39 is 0 Å². The molecule has 2 amide bonds. The Balaban J connectivity index is 1.43. The van der Waals surface area contributed by atoms with E-state index in [9.17, 15) is 9.59 Å². The average Bonchev–Trinajstić information content (AvgIpc) is 2.77. The van der Waals surface area contributed by atoms with Crippen LogP contribution >= 0.6 is 0 Å². The van der Waals surface area contributed by atoms with E-state index in [0.717, 1.165) is 18.5 Å². The Morgan fingerprint density at radius 3 is 2.61 bits per heavy atom. The van der Waals surface area contributed by atoms with E-state index in [1.54, 1.807) is 12.4 Å². The van der Waals surface area contributed by atoms with E-state index in [1.807, 2.05) is 41.3 Å². The van der Waals surface area contributed by atoms with Gasteiger partial charge >= 0.3 is 0 Å². The van der Waals surface area contributed by atoms with Crippen LogP contribution in [0.2, 0.25) is 0 Å². The van der Waals surface area contributed by atoms with Crippen LogP contribution in [0.1, 0.15) is 29.5 Å². The fraction of sp³-hybridized carbons (Fsp3) is 0.348. The third kappa shape index (κ3) is 3.98. The molecule has 0 saturated heterocycles. The number of hydrogen-bond donors (Lipinski definition) is 1. The first-order chi connectivity index (χ1) is 13.7. The molecule has 0 fully saturated rings. The summed E-state index contributed by atoms with van der Waals surface area (Å²) >= 11 is 0. The molecule has 0 spiro atoms. The molecule has 2 atom stereocenters. The molecular weight excluding hydrogens is 350 g/mol. The lowest BCUT2D eigenvalue weighted by molar-refractivity contribution is -0.143. The first-order valence-corrected chi connectivity index (χ1v) is 9.89. The van der Waals surface area contributed by atoms with Crippen molar-refractivity contribution >= 4 is 11.8 Å². The van der Waals surface area contributed by atoms with Crippen molar-refractivity contribution in [3.63, 3.8) is 0 Å². The Hall–Kier alpha value is -2.95. The Morgan fingerprint density at radius 1 is 1.04 bits per heavy atom. The predicted molar refractivity (Wildman–Crippen MR) is 107 cm³/mol. The number of rotatable bonds is 4. The van der Waals surface area contributed by atoms with E-state index in [1.165, 1.54) is 11.1 Å². The van der Waals surface area contributed by atoms with Crippen LogP contribution in [0.15, 0.2) is 60.9 Å². The Bertz CT molecular complexity index is 878. The van der Waals surface area contributed by atoms with Gasteiger partial charge in [-0.15, -0.1) is 0 Å². The van der Waals surface area contributed by atoms with Gasteiger partial charge in [0.2, 0.25) is 11.8 Å². The van der Waals surface area contributed by atoms with Gasteiger partial charge in [-0.2, -0.15) is 0 Å². The molecular formula is C23H25N3O2. The molecule has 2 aliphatic rings. The van der Waals surface area contributed by atoms with Crippen molar-refractivity contribution in [2.45, 2.75) is 32.4 Å². The summed E-state index contributed by atoms with van der Waals surface area (Å²) in [7, 11) is 0. The molecule has 1 aliphatic carbocycles. The number of carbonyl (C=O) groups is 2. The molecule has 28 heavy (non-hydrogen) atoms. The highest BCUT2D eigenvalue weighted by Crippen LogP contribution is 2.30. The first-order valence-electron chi connectivity index (χ1n) is 9.89. The minimum absolute atomic E-state index is 0.0519. The summed E-state index contributed by atoms with van der Waals surface area (Å²) in [5.41, 5.74) is 3.49. The molecule has 2 unspecified atom stereocenters. The molecule has 4 rings (SSSR count). The molecule has 144 valence electrons. The van der Waals surface area contributed by atoms with E-state index in [2.05, 4.69) is 22.4 Å².